The minimum atomic E-state index is 0.361. The molecule has 19 heavy (non-hydrogen) atoms. The van der Waals surface area contributed by atoms with Gasteiger partial charge < -0.3 is 4.57 Å². The van der Waals surface area contributed by atoms with Crippen LogP contribution in [0.4, 0.5) is 0 Å². The Morgan fingerprint density at radius 1 is 1.26 bits per heavy atom. The second-order valence-electron chi connectivity index (χ2n) is 6.67. The van der Waals surface area contributed by atoms with Gasteiger partial charge in [0.15, 0.2) is 5.78 Å². The van der Waals surface area contributed by atoms with E-state index in [1.807, 2.05) is 0 Å². The third-order valence-electron chi connectivity index (χ3n) is 5.02. The molecule has 0 spiro atoms. The zero-order valence-electron chi connectivity index (χ0n) is 12.2. The summed E-state index contributed by atoms with van der Waals surface area (Å²) >= 11 is 0. The lowest BCUT2D eigenvalue weighted by Crippen LogP contribution is -2.21. The number of Topliss-reactive ketones (excluding diaryl/α,β-unsaturated/α-hetero) is 1. The first-order valence-corrected chi connectivity index (χ1v) is 7.87. The maximum Gasteiger partial charge on any atom is 0.164 e. The van der Waals surface area contributed by atoms with Gasteiger partial charge in [-0.15, -0.1) is 0 Å². The fraction of sp³-hybridized carbons (Fsp3) is 0.706. The summed E-state index contributed by atoms with van der Waals surface area (Å²) in [5.41, 5.74) is 3.64. The van der Waals surface area contributed by atoms with Crippen LogP contribution < -0.4 is 0 Å². The van der Waals surface area contributed by atoms with Crippen LogP contribution in [0.1, 0.15) is 67.2 Å². The SMILES string of the molecule is Cc1cc2c(n1CC1CCCC(C)C1)CCCC2=O. The first-order valence-electron chi connectivity index (χ1n) is 7.87. The Morgan fingerprint density at radius 2 is 2.11 bits per heavy atom. The monoisotopic (exact) mass is 259 g/mol. The summed E-state index contributed by atoms with van der Waals surface area (Å²) in [6, 6.07) is 2.13. The van der Waals surface area contributed by atoms with Gasteiger partial charge in [-0.2, -0.15) is 0 Å². The highest BCUT2D eigenvalue weighted by Crippen LogP contribution is 2.32. The van der Waals surface area contributed by atoms with Gasteiger partial charge in [0.25, 0.3) is 0 Å². The van der Waals surface area contributed by atoms with Crippen LogP contribution >= 0.6 is 0 Å². The van der Waals surface area contributed by atoms with Crippen LogP contribution in [-0.2, 0) is 13.0 Å². The second kappa shape index (κ2) is 5.15. The highest BCUT2D eigenvalue weighted by Gasteiger charge is 2.25. The summed E-state index contributed by atoms with van der Waals surface area (Å²) in [6.07, 6.45) is 8.39. The van der Waals surface area contributed by atoms with Gasteiger partial charge in [0.2, 0.25) is 0 Å². The number of carbonyl (C=O) groups is 1. The molecule has 2 unspecified atom stereocenters. The van der Waals surface area contributed by atoms with Crippen LogP contribution in [0.3, 0.4) is 0 Å². The largest absolute Gasteiger partial charge is 0.348 e. The van der Waals surface area contributed by atoms with Crippen molar-refractivity contribution in [2.75, 3.05) is 0 Å². The van der Waals surface area contributed by atoms with Crippen molar-refractivity contribution in [1.29, 1.82) is 0 Å². The predicted octanol–water partition coefficient (Wildman–Crippen LogP) is 4.14. The van der Waals surface area contributed by atoms with Crippen LogP contribution in [0.2, 0.25) is 0 Å². The molecule has 0 aromatic carbocycles. The molecule has 2 atom stereocenters. The molecule has 2 nitrogen and oxygen atoms in total. The van der Waals surface area contributed by atoms with Gasteiger partial charge in [0, 0.05) is 29.9 Å². The number of carbonyl (C=O) groups excluding carboxylic acids is 1. The summed E-state index contributed by atoms with van der Waals surface area (Å²) in [5.74, 6) is 2.06. The minimum Gasteiger partial charge on any atom is -0.348 e. The van der Waals surface area contributed by atoms with E-state index < -0.39 is 0 Å². The number of ketones is 1. The Kier molecular flexibility index (Phi) is 3.51. The zero-order chi connectivity index (χ0) is 13.4. The number of hydrogen-bond donors (Lipinski definition) is 0. The number of hydrogen-bond acceptors (Lipinski definition) is 1. The molecule has 104 valence electrons. The lowest BCUT2D eigenvalue weighted by Gasteiger charge is -2.28. The summed E-state index contributed by atoms with van der Waals surface area (Å²) < 4.78 is 2.45. The van der Waals surface area contributed by atoms with Gasteiger partial charge in [-0.25, -0.2) is 0 Å². The molecule has 1 saturated carbocycles. The highest BCUT2D eigenvalue weighted by molar-refractivity contribution is 5.98. The molecule has 1 aromatic rings. The number of nitrogens with zero attached hydrogens (tertiary/aromatic N) is 1. The molecule has 1 aromatic heterocycles. The smallest absolute Gasteiger partial charge is 0.164 e. The third kappa shape index (κ3) is 2.50. The molecule has 2 aliphatic carbocycles. The number of fused-ring (bicyclic) bond motifs is 1. The maximum absolute atomic E-state index is 12.0. The van der Waals surface area contributed by atoms with Crippen LogP contribution in [-0.4, -0.2) is 10.4 Å². The normalized spacial score (nSPS) is 27.4. The van der Waals surface area contributed by atoms with Gasteiger partial charge >= 0.3 is 0 Å². The summed E-state index contributed by atoms with van der Waals surface area (Å²) in [7, 11) is 0. The Bertz CT molecular complexity index is 486. The van der Waals surface area contributed by atoms with E-state index in [4.69, 9.17) is 0 Å². The molecule has 3 rings (SSSR count). The van der Waals surface area contributed by atoms with Crippen LogP contribution in [0, 0.1) is 18.8 Å². The van der Waals surface area contributed by atoms with E-state index in [-0.39, 0.29) is 0 Å². The van der Waals surface area contributed by atoms with Crippen molar-refractivity contribution in [2.45, 2.75) is 65.3 Å². The Hall–Kier alpha value is -1.05. The van der Waals surface area contributed by atoms with Gasteiger partial charge in [-0.3, -0.25) is 4.79 Å². The Labute approximate surface area is 116 Å². The standard InChI is InChI=1S/C17H25NO/c1-12-5-3-6-14(9-12)11-18-13(2)10-15-16(18)7-4-8-17(15)19/h10,12,14H,3-9,11H2,1-2H3. The summed E-state index contributed by atoms with van der Waals surface area (Å²) in [4.78, 5) is 12.0. The van der Waals surface area contributed by atoms with E-state index in [2.05, 4.69) is 24.5 Å². The van der Waals surface area contributed by atoms with E-state index in [0.29, 0.717) is 5.78 Å². The Balaban J connectivity index is 1.83. The fourth-order valence-corrected chi connectivity index (χ4v) is 4.03. The van der Waals surface area contributed by atoms with Crippen LogP contribution in [0.5, 0.6) is 0 Å². The van der Waals surface area contributed by atoms with Crippen molar-refractivity contribution in [3.8, 4) is 0 Å². The lowest BCUT2D eigenvalue weighted by molar-refractivity contribution is 0.0971. The van der Waals surface area contributed by atoms with Crippen molar-refractivity contribution in [2.24, 2.45) is 11.8 Å². The Morgan fingerprint density at radius 3 is 2.89 bits per heavy atom. The molecule has 0 aliphatic heterocycles. The van der Waals surface area contributed by atoms with Crippen molar-refractivity contribution >= 4 is 5.78 Å². The molecule has 0 saturated heterocycles. The predicted molar refractivity (Wildman–Crippen MR) is 77.6 cm³/mol. The molecule has 2 heteroatoms. The second-order valence-corrected chi connectivity index (χ2v) is 6.67. The zero-order valence-corrected chi connectivity index (χ0v) is 12.2. The molecule has 2 aliphatic rings. The van der Waals surface area contributed by atoms with E-state index in [0.717, 1.165) is 43.2 Å². The highest BCUT2D eigenvalue weighted by atomic mass is 16.1. The molecule has 1 fully saturated rings. The van der Waals surface area contributed by atoms with Gasteiger partial charge in [0.1, 0.15) is 0 Å². The maximum atomic E-state index is 12.0. The molecular weight excluding hydrogens is 234 g/mol. The molecular formula is C17H25NO. The van der Waals surface area contributed by atoms with Crippen molar-refractivity contribution in [3.63, 3.8) is 0 Å². The number of aryl methyl sites for hydroxylation is 1. The van der Waals surface area contributed by atoms with E-state index in [1.165, 1.54) is 37.1 Å². The average Bonchev–Trinajstić information content (AvgIpc) is 2.69. The molecule has 0 bridgehead atoms. The van der Waals surface area contributed by atoms with E-state index >= 15 is 0 Å². The van der Waals surface area contributed by atoms with Gasteiger partial charge in [0.05, 0.1) is 0 Å². The number of aromatic nitrogens is 1. The average molecular weight is 259 g/mol. The molecule has 1 heterocycles. The van der Waals surface area contributed by atoms with E-state index in [9.17, 15) is 4.79 Å². The summed E-state index contributed by atoms with van der Waals surface area (Å²) in [5, 5.41) is 0. The van der Waals surface area contributed by atoms with E-state index in [1.54, 1.807) is 0 Å². The van der Waals surface area contributed by atoms with Crippen LogP contribution in [0.25, 0.3) is 0 Å². The molecule has 0 radical (unpaired) electrons. The lowest BCUT2D eigenvalue weighted by atomic mass is 9.82. The van der Waals surface area contributed by atoms with Crippen molar-refractivity contribution in [1.82, 2.24) is 4.57 Å². The van der Waals surface area contributed by atoms with Gasteiger partial charge in [-0.1, -0.05) is 19.8 Å². The van der Waals surface area contributed by atoms with Crippen molar-refractivity contribution < 1.29 is 4.79 Å². The minimum absolute atomic E-state index is 0.361. The van der Waals surface area contributed by atoms with Gasteiger partial charge in [-0.05, 0) is 50.5 Å². The topological polar surface area (TPSA) is 22.0 Å². The van der Waals surface area contributed by atoms with Crippen LogP contribution in [0.15, 0.2) is 6.07 Å². The first kappa shape index (κ1) is 13.0. The third-order valence-corrected chi connectivity index (χ3v) is 5.02. The molecule has 0 amide bonds. The van der Waals surface area contributed by atoms with Crippen molar-refractivity contribution in [3.05, 3.63) is 23.0 Å². The number of rotatable bonds is 2. The summed E-state index contributed by atoms with van der Waals surface area (Å²) in [6.45, 7) is 5.68. The molecule has 0 N–H and O–H groups in total. The first-order chi connectivity index (χ1) is 9.15. The fourth-order valence-electron chi connectivity index (χ4n) is 4.03. The quantitative estimate of drug-likeness (QED) is 0.782.